The summed E-state index contributed by atoms with van der Waals surface area (Å²) < 4.78 is 0. The van der Waals surface area contributed by atoms with Crippen LogP contribution in [0.1, 0.15) is 122 Å². The minimum Gasteiger partial charge on any atom is -0.480 e. The minimum absolute atomic E-state index is 0.168. The van der Waals surface area contributed by atoms with E-state index in [-0.39, 0.29) is 31.1 Å². The number of likely N-dealkylation sites (tertiary alicyclic amines) is 1. The molecule has 0 aromatic rings. The van der Waals surface area contributed by atoms with Gasteiger partial charge in [-0.2, -0.15) is 0 Å². The molecule has 0 aromatic carbocycles. The van der Waals surface area contributed by atoms with Crippen molar-refractivity contribution in [2.24, 2.45) is 0 Å². The lowest BCUT2D eigenvalue weighted by molar-refractivity contribution is -0.154. The number of hydrogen-bond donors (Lipinski definition) is 1. The van der Waals surface area contributed by atoms with E-state index in [1.165, 1.54) is 77.0 Å². The zero-order valence-corrected chi connectivity index (χ0v) is 17.9. The number of carbonyl (C=O) groups is 3. The van der Waals surface area contributed by atoms with E-state index in [1.54, 1.807) is 0 Å². The molecule has 1 atom stereocenters. The summed E-state index contributed by atoms with van der Waals surface area (Å²) in [6.45, 7) is 2.26. The molecular formula is C23H41NO4. The molecule has 0 aromatic heterocycles. The zero-order chi connectivity index (χ0) is 20.6. The normalized spacial score (nSPS) is 16.7. The molecule has 0 bridgehead atoms. The molecule has 1 saturated heterocycles. The Balaban J connectivity index is 1.91. The molecule has 1 rings (SSSR count). The SMILES string of the molecule is CCCCCCCCCCCCCCCCCC(=O)N1C(=O)CCC1C(=O)O. The Bertz CT molecular complexity index is 464. The summed E-state index contributed by atoms with van der Waals surface area (Å²) in [5.41, 5.74) is 0. The lowest BCUT2D eigenvalue weighted by Gasteiger charge is -2.19. The molecule has 2 amide bonds. The molecule has 1 aliphatic heterocycles. The van der Waals surface area contributed by atoms with Crippen molar-refractivity contribution in [1.29, 1.82) is 0 Å². The maximum absolute atomic E-state index is 12.1. The van der Waals surface area contributed by atoms with Gasteiger partial charge in [0.1, 0.15) is 6.04 Å². The summed E-state index contributed by atoms with van der Waals surface area (Å²) in [4.78, 5) is 36.0. The lowest BCUT2D eigenvalue weighted by Crippen LogP contribution is -2.42. The van der Waals surface area contributed by atoms with E-state index in [1.807, 2.05) is 0 Å². The molecule has 5 nitrogen and oxygen atoms in total. The standard InChI is InChI=1S/C23H41NO4/c1-2-3-4-5-6-7-8-9-10-11-12-13-14-15-16-17-21(25)24-20(23(27)28)18-19-22(24)26/h20H,2-19H2,1H3,(H,27,28). The van der Waals surface area contributed by atoms with Crippen LogP contribution in [0.25, 0.3) is 0 Å². The van der Waals surface area contributed by atoms with Crippen molar-refractivity contribution in [2.75, 3.05) is 0 Å². The van der Waals surface area contributed by atoms with Gasteiger partial charge in [0.05, 0.1) is 0 Å². The molecule has 1 N–H and O–H groups in total. The summed E-state index contributed by atoms with van der Waals surface area (Å²) in [5, 5.41) is 9.11. The van der Waals surface area contributed by atoms with Gasteiger partial charge in [0, 0.05) is 12.8 Å². The quantitative estimate of drug-likeness (QED) is 0.313. The zero-order valence-electron chi connectivity index (χ0n) is 17.9. The number of aliphatic carboxylic acids is 1. The fraction of sp³-hybridized carbons (Fsp3) is 0.870. The molecule has 28 heavy (non-hydrogen) atoms. The van der Waals surface area contributed by atoms with E-state index in [0.717, 1.165) is 24.2 Å². The molecule has 0 saturated carbocycles. The number of rotatable bonds is 17. The molecule has 1 aliphatic rings. The van der Waals surface area contributed by atoms with E-state index < -0.39 is 12.0 Å². The smallest absolute Gasteiger partial charge is 0.326 e. The van der Waals surface area contributed by atoms with E-state index in [9.17, 15) is 14.4 Å². The van der Waals surface area contributed by atoms with Crippen molar-refractivity contribution < 1.29 is 19.5 Å². The van der Waals surface area contributed by atoms with E-state index in [0.29, 0.717) is 0 Å². The van der Waals surface area contributed by atoms with Crippen LogP contribution in [-0.4, -0.2) is 33.8 Å². The van der Waals surface area contributed by atoms with Crippen LogP contribution in [0.2, 0.25) is 0 Å². The lowest BCUT2D eigenvalue weighted by atomic mass is 10.0. The highest BCUT2D eigenvalue weighted by molar-refractivity contribution is 6.01. The van der Waals surface area contributed by atoms with E-state index >= 15 is 0 Å². The average molecular weight is 396 g/mol. The summed E-state index contributed by atoms with van der Waals surface area (Å²) in [5.74, 6) is -1.72. The Labute approximate surface area is 171 Å². The molecule has 1 heterocycles. The fourth-order valence-electron chi connectivity index (χ4n) is 4.00. The first-order chi connectivity index (χ1) is 13.6. The first kappa shape index (κ1) is 24.6. The van der Waals surface area contributed by atoms with Crippen molar-refractivity contribution in [2.45, 2.75) is 129 Å². The second-order valence-corrected chi connectivity index (χ2v) is 8.25. The summed E-state index contributed by atoms with van der Waals surface area (Å²) in [7, 11) is 0. The highest BCUT2D eigenvalue weighted by Gasteiger charge is 2.39. The topological polar surface area (TPSA) is 74.7 Å². The van der Waals surface area contributed by atoms with E-state index in [2.05, 4.69) is 6.92 Å². The highest BCUT2D eigenvalue weighted by Crippen LogP contribution is 2.21. The Morgan fingerprint density at radius 2 is 1.25 bits per heavy atom. The fourth-order valence-corrected chi connectivity index (χ4v) is 4.00. The number of amides is 2. The maximum atomic E-state index is 12.1. The second kappa shape index (κ2) is 15.5. The van der Waals surface area contributed by atoms with E-state index in [4.69, 9.17) is 5.11 Å². The summed E-state index contributed by atoms with van der Waals surface area (Å²) in [6, 6.07) is -0.948. The molecular weight excluding hydrogens is 354 g/mol. The number of carbonyl (C=O) groups excluding carboxylic acids is 2. The molecule has 0 radical (unpaired) electrons. The Morgan fingerprint density at radius 1 is 0.821 bits per heavy atom. The van der Waals surface area contributed by atoms with Gasteiger partial charge in [0.15, 0.2) is 0 Å². The van der Waals surface area contributed by atoms with Crippen molar-refractivity contribution in [3.63, 3.8) is 0 Å². The van der Waals surface area contributed by atoms with Crippen molar-refractivity contribution in [3.8, 4) is 0 Å². The van der Waals surface area contributed by atoms with Crippen molar-refractivity contribution >= 4 is 17.8 Å². The van der Waals surface area contributed by atoms with Gasteiger partial charge in [-0.15, -0.1) is 0 Å². The number of unbranched alkanes of at least 4 members (excludes halogenated alkanes) is 14. The number of imide groups is 1. The number of carboxylic acid groups (broad SMARTS) is 1. The summed E-state index contributed by atoms with van der Waals surface area (Å²) in [6.07, 6.45) is 19.7. The average Bonchev–Trinajstić information content (AvgIpc) is 3.06. The van der Waals surface area contributed by atoms with Crippen molar-refractivity contribution in [1.82, 2.24) is 4.90 Å². The monoisotopic (exact) mass is 395 g/mol. The Morgan fingerprint density at radius 3 is 1.68 bits per heavy atom. The van der Waals surface area contributed by atoms with Gasteiger partial charge >= 0.3 is 5.97 Å². The maximum Gasteiger partial charge on any atom is 0.326 e. The Kier molecular flexibility index (Phi) is 13.7. The van der Waals surface area contributed by atoms with Gasteiger partial charge in [0.2, 0.25) is 11.8 Å². The van der Waals surface area contributed by atoms with Crippen LogP contribution in [0, 0.1) is 0 Å². The number of nitrogens with zero attached hydrogens (tertiary/aromatic N) is 1. The predicted octanol–water partition coefficient (Wildman–Crippen LogP) is 5.85. The molecule has 0 aliphatic carbocycles. The third-order valence-corrected chi connectivity index (χ3v) is 5.76. The van der Waals surface area contributed by atoms with Gasteiger partial charge in [-0.25, -0.2) is 4.79 Å². The second-order valence-electron chi connectivity index (χ2n) is 8.25. The molecule has 5 heteroatoms. The van der Waals surface area contributed by atoms with Crippen molar-refractivity contribution in [3.05, 3.63) is 0 Å². The highest BCUT2D eigenvalue weighted by atomic mass is 16.4. The van der Waals surface area contributed by atoms with Gasteiger partial charge < -0.3 is 5.11 Å². The largest absolute Gasteiger partial charge is 0.480 e. The Hall–Kier alpha value is -1.39. The number of hydrogen-bond acceptors (Lipinski definition) is 3. The third kappa shape index (κ3) is 10.2. The van der Waals surface area contributed by atoms with Gasteiger partial charge in [-0.3, -0.25) is 14.5 Å². The van der Waals surface area contributed by atoms with Crippen LogP contribution in [0.5, 0.6) is 0 Å². The van der Waals surface area contributed by atoms with Gasteiger partial charge in [-0.1, -0.05) is 96.8 Å². The van der Waals surface area contributed by atoms with Crippen LogP contribution < -0.4 is 0 Å². The predicted molar refractivity (Wildman–Crippen MR) is 112 cm³/mol. The molecule has 0 spiro atoms. The third-order valence-electron chi connectivity index (χ3n) is 5.76. The minimum atomic E-state index is -1.07. The number of carboxylic acids is 1. The van der Waals surface area contributed by atoms with Crippen LogP contribution in [0.3, 0.4) is 0 Å². The van der Waals surface area contributed by atoms with Crippen LogP contribution in [0.4, 0.5) is 0 Å². The first-order valence-electron chi connectivity index (χ1n) is 11.7. The molecule has 162 valence electrons. The van der Waals surface area contributed by atoms with Crippen LogP contribution >= 0.6 is 0 Å². The van der Waals surface area contributed by atoms with Gasteiger partial charge in [0.25, 0.3) is 0 Å². The van der Waals surface area contributed by atoms with Crippen LogP contribution in [0.15, 0.2) is 0 Å². The molecule has 1 fully saturated rings. The van der Waals surface area contributed by atoms with Gasteiger partial charge in [-0.05, 0) is 12.8 Å². The first-order valence-corrected chi connectivity index (χ1v) is 11.7. The summed E-state index contributed by atoms with van der Waals surface area (Å²) >= 11 is 0. The molecule has 1 unspecified atom stereocenters. The van der Waals surface area contributed by atoms with Crippen LogP contribution in [-0.2, 0) is 14.4 Å².